The molecule has 1 N–H and O–H groups in total. The highest BCUT2D eigenvalue weighted by Gasteiger charge is 2.45. The Morgan fingerprint density at radius 2 is 1.78 bits per heavy atom. The molecule has 142 valence electrons. The van der Waals surface area contributed by atoms with Crippen LogP contribution in [0.3, 0.4) is 0 Å². The lowest BCUT2D eigenvalue weighted by molar-refractivity contribution is -0.0472. The van der Waals surface area contributed by atoms with E-state index in [2.05, 4.69) is 17.0 Å². The summed E-state index contributed by atoms with van der Waals surface area (Å²) >= 11 is 5.91. The van der Waals surface area contributed by atoms with Crippen molar-refractivity contribution in [3.8, 4) is 11.5 Å². The number of halogens is 1. The molecule has 0 bridgehead atoms. The minimum Gasteiger partial charge on any atom is -0.465 e. The maximum atomic E-state index is 11.1. The van der Waals surface area contributed by atoms with Gasteiger partial charge in [-0.05, 0) is 60.2 Å². The Hall–Kier alpha value is -2.24. The third kappa shape index (κ3) is 4.20. The SMILES string of the molecule is O=C(O)N1CCC2(CC1)CN(Cc1cccc(Oc3ccc(Cl)cc3)c1)C2. The Bertz CT molecular complexity index is 808. The second-order valence-electron chi connectivity index (χ2n) is 7.62. The Kier molecular flexibility index (Phi) is 4.98. The summed E-state index contributed by atoms with van der Waals surface area (Å²) in [6.45, 7) is 4.30. The van der Waals surface area contributed by atoms with Crippen LogP contribution in [0, 0.1) is 5.41 Å². The van der Waals surface area contributed by atoms with Crippen molar-refractivity contribution >= 4 is 17.7 Å². The molecule has 2 saturated heterocycles. The molecule has 2 aliphatic rings. The van der Waals surface area contributed by atoms with E-state index in [0.717, 1.165) is 44.0 Å². The van der Waals surface area contributed by atoms with Crippen LogP contribution in [0.1, 0.15) is 18.4 Å². The lowest BCUT2D eigenvalue weighted by Gasteiger charge is -2.53. The lowest BCUT2D eigenvalue weighted by Crippen LogP contribution is -2.60. The van der Waals surface area contributed by atoms with E-state index in [0.29, 0.717) is 23.5 Å². The predicted molar refractivity (Wildman–Crippen MR) is 105 cm³/mol. The van der Waals surface area contributed by atoms with Crippen LogP contribution >= 0.6 is 11.6 Å². The van der Waals surface area contributed by atoms with E-state index in [1.54, 1.807) is 0 Å². The highest BCUT2D eigenvalue weighted by Crippen LogP contribution is 2.41. The molecule has 0 atom stereocenters. The number of amides is 1. The van der Waals surface area contributed by atoms with Crippen LogP contribution < -0.4 is 4.74 Å². The van der Waals surface area contributed by atoms with Gasteiger partial charge in [0.05, 0.1) is 0 Å². The molecule has 2 fully saturated rings. The standard InChI is InChI=1S/C21H23ClN2O3/c22-17-4-6-18(7-5-17)27-19-3-1-2-16(12-19)13-23-14-21(15-23)8-10-24(11-9-21)20(25)26/h1-7,12H,8-11,13-15H2,(H,25,26). The van der Waals surface area contributed by atoms with Crippen molar-refractivity contribution in [2.45, 2.75) is 19.4 Å². The van der Waals surface area contributed by atoms with Crippen LogP contribution in [0.4, 0.5) is 4.79 Å². The van der Waals surface area contributed by atoms with Gasteiger partial charge in [0.2, 0.25) is 0 Å². The Morgan fingerprint density at radius 3 is 2.44 bits per heavy atom. The van der Waals surface area contributed by atoms with Gasteiger partial charge in [-0.25, -0.2) is 4.79 Å². The first kappa shape index (κ1) is 18.1. The monoisotopic (exact) mass is 386 g/mol. The van der Waals surface area contributed by atoms with Gasteiger partial charge in [0, 0.05) is 37.7 Å². The number of ether oxygens (including phenoxy) is 1. The van der Waals surface area contributed by atoms with Gasteiger partial charge in [0.15, 0.2) is 0 Å². The summed E-state index contributed by atoms with van der Waals surface area (Å²) in [5.41, 5.74) is 1.53. The molecule has 27 heavy (non-hydrogen) atoms. The maximum absolute atomic E-state index is 11.1. The van der Waals surface area contributed by atoms with E-state index in [9.17, 15) is 4.79 Å². The number of nitrogens with zero attached hydrogens (tertiary/aromatic N) is 2. The molecule has 1 spiro atoms. The van der Waals surface area contributed by atoms with E-state index in [-0.39, 0.29) is 0 Å². The van der Waals surface area contributed by atoms with Gasteiger partial charge in [0.25, 0.3) is 0 Å². The molecule has 1 amide bonds. The third-order valence-electron chi connectivity index (χ3n) is 5.57. The van der Waals surface area contributed by atoms with Crippen LogP contribution in [0.15, 0.2) is 48.5 Å². The van der Waals surface area contributed by atoms with Crippen molar-refractivity contribution in [3.05, 3.63) is 59.1 Å². The largest absolute Gasteiger partial charge is 0.465 e. The van der Waals surface area contributed by atoms with Gasteiger partial charge in [-0.15, -0.1) is 0 Å². The average Bonchev–Trinajstić information content (AvgIpc) is 2.63. The second-order valence-corrected chi connectivity index (χ2v) is 8.05. The number of likely N-dealkylation sites (tertiary alicyclic amines) is 2. The Balaban J connectivity index is 1.31. The molecule has 0 aliphatic carbocycles. The summed E-state index contributed by atoms with van der Waals surface area (Å²) in [5, 5.41) is 9.78. The normalized spacial score (nSPS) is 18.9. The van der Waals surface area contributed by atoms with Crippen molar-refractivity contribution < 1.29 is 14.6 Å². The first-order valence-corrected chi connectivity index (χ1v) is 9.62. The minimum atomic E-state index is -0.793. The van der Waals surface area contributed by atoms with Crippen molar-refractivity contribution in [2.75, 3.05) is 26.2 Å². The topological polar surface area (TPSA) is 53.0 Å². The number of benzene rings is 2. The van der Waals surface area contributed by atoms with Gasteiger partial charge < -0.3 is 14.7 Å². The molecule has 0 aromatic heterocycles. The van der Waals surface area contributed by atoms with Crippen LogP contribution in [0.2, 0.25) is 5.02 Å². The van der Waals surface area contributed by atoms with E-state index in [1.807, 2.05) is 36.4 Å². The van der Waals surface area contributed by atoms with E-state index >= 15 is 0 Å². The fraction of sp³-hybridized carbons (Fsp3) is 0.381. The molecule has 6 heteroatoms. The minimum absolute atomic E-state index is 0.309. The Labute approximate surface area is 164 Å². The first-order valence-electron chi connectivity index (χ1n) is 9.24. The highest BCUT2D eigenvalue weighted by molar-refractivity contribution is 6.30. The van der Waals surface area contributed by atoms with Gasteiger partial charge in [-0.3, -0.25) is 4.90 Å². The van der Waals surface area contributed by atoms with Gasteiger partial charge in [-0.2, -0.15) is 0 Å². The van der Waals surface area contributed by atoms with Gasteiger partial charge in [0.1, 0.15) is 11.5 Å². The molecule has 0 unspecified atom stereocenters. The molecule has 5 nitrogen and oxygen atoms in total. The number of rotatable bonds is 4. The predicted octanol–water partition coefficient (Wildman–Crippen LogP) is 4.71. The molecule has 2 aromatic rings. The second kappa shape index (κ2) is 7.41. The van der Waals surface area contributed by atoms with Gasteiger partial charge >= 0.3 is 6.09 Å². The van der Waals surface area contributed by atoms with Crippen LogP contribution in [0.25, 0.3) is 0 Å². The molecule has 4 rings (SSSR count). The van der Waals surface area contributed by atoms with E-state index in [4.69, 9.17) is 21.4 Å². The quantitative estimate of drug-likeness (QED) is 0.826. The molecule has 2 aliphatic heterocycles. The van der Waals surface area contributed by atoms with E-state index in [1.165, 1.54) is 10.5 Å². The zero-order valence-electron chi connectivity index (χ0n) is 15.1. The van der Waals surface area contributed by atoms with Crippen molar-refractivity contribution in [2.24, 2.45) is 5.41 Å². The van der Waals surface area contributed by atoms with Crippen molar-refractivity contribution in [3.63, 3.8) is 0 Å². The molecular weight excluding hydrogens is 364 g/mol. The number of hydrogen-bond donors (Lipinski definition) is 1. The maximum Gasteiger partial charge on any atom is 0.407 e. The van der Waals surface area contributed by atoms with Crippen molar-refractivity contribution in [1.29, 1.82) is 0 Å². The molecule has 2 heterocycles. The zero-order chi connectivity index (χ0) is 18.9. The molecular formula is C21H23ClN2O3. The summed E-state index contributed by atoms with van der Waals surface area (Å²) in [6, 6.07) is 15.5. The third-order valence-corrected chi connectivity index (χ3v) is 5.82. The van der Waals surface area contributed by atoms with Crippen LogP contribution in [-0.4, -0.2) is 47.2 Å². The molecule has 0 saturated carbocycles. The highest BCUT2D eigenvalue weighted by atomic mass is 35.5. The molecule has 2 aromatic carbocycles. The number of piperidine rings is 1. The fourth-order valence-electron chi connectivity index (χ4n) is 4.11. The average molecular weight is 387 g/mol. The van der Waals surface area contributed by atoms with Crippen molar-refractivity contribution in [1.82, 2.24) is 9.80 Å². The zero-order valence-corrected chi connectivity index (χ0v) is 15.9. The lowest BCUT2D eigenvalue weighted by atomic mass is 9.72. The smallest absolute Gasteiger partial charge is 0.407 e. The fourth-order valence-corrected chi connectivity index (χ4v) is 4.23. The number of carbonyl (C=O) groups is 1. The number of carboxylic acid groups (broad SMARTS) is 1. The molecule has 0 radical (unpaired) electrons. The summed E-state index contributed by atoms with van der Waals surface area (Å²) in [5.74, 6) is 1.59. The van der Waals surface area contributed by atoms with Crippen LogP contribution in [-0.2, 0) is 6.54 Å². The van der Waals surface area contributed by atoms with E-state index < -0.39 is 6.09 Å². The van der Waals surface area contributed by atoms with Crippen LogP contribution in [0.5, 0.6) is 11.5 Å². The first-order chi connectivity index (χ1) is 13.0. The Morgan fingerprint density at radius 1 is 1.07 bits per heavy atom. The summed E-state index contributed by atoms with van der Waals surface area (Å²) < 4.78 is 5.91. The summed E-state index contributed by atoms with van der Waals surface area (Å²) in [6.07, 6.45) is 1.14. The summed E-state index contributed by atoms with van der Waals surface area (Å²) in [7, 11) is 0. The number of hydrogen-bond acceptors (Lipinski definition) is 3. The summed E-state index contributed by atoms with van der Waals surface area (Å²) in [4.78, 5) is 15.0. The van der Waals surface area contributed by atoms with Gasteiger partial charge in [-0.1, -0.05) is 23.7 Å².